The fraction of sp³-hybridized carbons (Fsp3) is 0.222. The van der Waals surface area contributed by atoms with Crippen LogP contribution in [-0.4, -0.2) is 18.2 Å². The Morgan fingerprint density at radius 3 is 2.64 bits per heavy atom. The van der Waals surface area contributed by atoms with Gasteiger partial charge in [-0.15, -0.1) is 0 Å². The number of carbonyl (C=O) groups is 1. The molecule has 0 aliphatic carbocycles. The molecule has 0 aliphatic rings. The highest BCUT2D eigenvalue weighted by atomic mass is 19.1. The van der Waals surface area contributed by atoms with Gasteiger partial charge in [0.25, 0.3) is 0 Å². The van der Waals surface area contributed by atoms with E-state index in [1.807, 2.05) is 0 Å². The summed E-state index contributed by atoms with van der Waals surface area (Å²) < 4.78 is 30.0. The fourth-order valence-corrected chi connectivity index (χ4v) is 0.941. The Kier molecular flexibility index (Phi) is 3.01. The quantitative estimate of drug-likeness (QED) is 0.737. The van der Waals surface area contributed by atoms with Gasteiger partial charge < -0.3 is 9.84 Å². The molecule has 0 saturated carbocycles. The number of esters is 1. The molecule has 1 rings (SSSR count). The number of hydrogen-bond donors (Lipinski definition) is 1. The molecule has 0 spiro atoms. The van der Waals surface area contributed by atoms with Crippen LogP contribution in [0, 0.1) is 11.6 Å². The highest BCUT2D eigenvalue weighted by Crippen LogP contribution is 2.20. The number of rotatable bonds is 2. The molecule has 0 radical (unpaired) electrons. The van der Waals surface area contributed by atoms with Crippen molar-refractivity contribution in [2.24, 2.45) is 0 Å². The van der Waals surface area contributed by atoms with Crippen LogP contribution in [-0.2, 0) is 16.0 Å². The van der Waals surface area contributed by atoms with Gasteiger partial charge in [0, 0.05) is 11.6 Å². The van der Waals surface area contributed by atoms with E-state index in [0.29, 0.717) is 6.07 Å². The van der Waals surface area contributed by atoms with Crippen LogP contribution in [0.2, 0.25) is 0 Å². The Bertz CT molecular complexity index is 363. The highest BCUT2D eigenvalue weighted by Gasteiger charge is 2.12. The molecule has 3 nitrogen and oxygen atoms in total. The Morgan fingerprint density at radius 1 is 1.43 bits per heavy atom. The number of phenols is 1. The lowest BCUT2D eigenvalue weighted by molar-refractivity contribution is -0.139. The number of halogens is 2. The van der Waals surface area contributed by atoms with Gasteiger partial charge in [-0.2, -0.15) is 0 Å². The second kappa shape index (κ2) is 4.04. The van der Waals surface area contributed by atoms with Gasteiger partial charge in [0.05, 0.1) is 13.5 Å². The van der Waals surface area contributed by atoms with Gasteiger partial charge in [-0.3, -0.25) is 4.79 Å². The van der Waals surface area contributed by atoms with Gasteiger partial charge in [0.2, 0.25) is 0 Å². The van der Waals surface area contributed by atoms with Crippen molar-refractivity contribution >= 4 is 5.97 Å². The molecule has 0 aromatic heterocycles. The number of methoxy groups -OCH3 is 1. The van der Waals surface area contributed by atoms with Gasteiger partial charge >= 0.3 is 5.97 Å². The first-order valence-electron chi connectivity index (χ1n) is 3.78. The first-order chi connectivity index (χ1) is 6.54. The van der Waals surface area contributed by atoms with Crippen LogP contribution < -0.4 is 0 Å². The normalized spacial score (nSPS) is 9.93. The maximum Gasteiger partial charge on any atom is 0.310 e. The average molecular weight is 202 g/mol. The molecule has 0 saturated heterocycles. The lowest BCUT2D eigenvalue weighted by Gasteiger charge is -2.03. The van der Waals surface area contributed by atoms with Gasteiger partial charge in [-0.1, -0.05) is 0 Å². The molecular weight excluding hydrogens is 194 g/mol. The molecule has 14 heavy (non-hydrogen) atoms. The van der Waals surface area contributed by atoms with Crippen LogP contribution in [0.5, 0.6) is 5.75 Å². The second-order valence-electron chi connectivity index (χ2n) is 2.65. The van der Waals surface area contributed by atoms with Crippen molar-refractivity contribution in [2.75, 3.05) is 7.11 Å². The van der Waals surface area contributed by atoms with E-state index in [0.717, 1.165) is 13.2 Å². The molecule has 5 heteroatoms. The minimum Gasteiger partial charge on any atom is -0.505 e. The first kappa shape index (κ1) is 10.4. The lowest BCUT2D eigenvalue weighted by Crippen LogP contribution is -2.06. The van der Waals surface area contributed by atoms with E-state index in [1.165, 1.54) is 0 Å². The van der Waals surface area contributed by atoms with Gasteiger partial charge in [-0.25, -0.2) is 8.78 Å². The van der Waals surface area contributed by atoms with Crippen LogP contribution in [0.25, 0.3) is 0 Å². The molecule has 0 bridgehead atoms. The summed E-state index contributed by atoms with van der Waals surface area (Å²) >= 11 is 0. The van der Waals surface area contributed by atoms with Crippen molar-refractivity contribution in [3.05, 3.63) is 29.3 Å². The van der Waals surface area contributed by atoms with E-state index < -0.39 is 23.4 Å². The zero-order chi connectivity index (χ0) is 10.7. The topological polar surface area (TPSA) is 46.5 Å². The van der Waals surface area contributed by atoms with Crippen molar-refractivity contribution < 1.29 is 23.4 Å². The summed E-state index contributed by atoms with van der Waals surface area (Å²) in [6.45, 7) is 0. The highest BCUT2D eigenvalue weighted by molar-refractivity contribution is 5.72. The molecule has 1 aromatic rings. The maximum atomic E-state index is 13.0. The minimum atomic E-state index is -0.967. The summed E-state index contributed by atoms with van der Waals surface area (Å²) in [6.07, 6.45) is -0.362. The number of carbonyl (C=O) groups excluding carboxylic acids is 1. The number of benzene rings is 1. The van der Waals surface area contributed by atoms with Crippen LogP contribution in [0.3, 0.4) is 0 Å². The van der Waals surface area contributed by atoms with E-state index in [4.69, 9.17) is 5.11 Å². The van der Waals surface area contributed by atoms with Crippen LogP contribution >= 0.6 is 0 Å². The zero-order valence-corrected chi connectivity index (χ0v) is 7.38. The minimum absolute atomic E-state index is 0.146. The number of ether oxygens (including phenoxy) is 1. The second-order valence-corrected chi connectivity index (χ2v) is 2.65. The number of phenolic OH excluding ortho intramolecular Hbond substituents is 1. The maximum absolute atomic E-state index is 13.0. The molecule has 76 valence electrons. The summed E-state index contributed by atoms with van der Waals surface area (Å²) in [5, 5.41) is 8.78. The van der Waals surface area contributed by atoms with Gasteiger partial charge in [-0.05, 0) is 6.07 Å². The molecule has 0 atom stereocenters. The van der Waals surface area contributed by atoms with Crippen molar-refractivity contribution in [3.8, 4) is 5.75 Å². The Hall–Kier alpha value is -1.65. The van der Waals surface area contributed by atoms with Gasteiger partial charge in [0.15, 0.2) is 11.6 Å². The Labute approximate surface area is 78.9 Å². The third-order valence-electron chi connectivity index (χ3n) is 1.68. The van der Waals surface area contributed by atoms with Crippen molar-refractivity contribution in [3.63, 3.8) is 0 Å². The SMILES string of the molecule is COC(=O)Cc1cc(F)c(O)cc1F. The molecule has 0 heterocycles. The standard InChI is InChI=1S/C9H8F2O3/c1-14-9(13)3-5-2-7(11)8(12)4-6(5)10/h2,4,12H,3H2,1H3. The van der Waals surface area contributed by atoms with E-state index in [-0.39, 0.29) is 12.0 Å². The molecule has 1 aromatic carbocycles. The molecule has 0 fully saturated rings. The van der Waals surface area contributed by atoms with Crippen LogP contribution in [0.4, 0.5) is 8.78 Å². The largest absolute Gasteiger partial charge is 0.505 e. The summed E-state index contributed by atoms with van der Waals surface area (Å²) in [7, 11) is 1.15. The molecule has 0 unspecified atom stereocenters. The third-order valence-corrected chi connectivity index (χ3v) is 1.68. The van der Waals surface area contributed by atoms with Gasteiger partial charge in [0.1, 0.15) is 5.82 Å². The summed E-state index contributed by atoms with van der Waals surface area (Å²) in [6, 6.07) is 1.38. The lowest BCUT2D eigenvalue weighted by atomic mass is 10.1. The predicted molar refractivity (Wildman–Crippen MR) is 43.7 cm³/mol. The third kappa shape index (κ3) is 2.18. The average Bonchev–Trinajstić information content (AvgIpc) is 2.14. The fourth-order valence-electron chi connectivity index (χ4n) is 0.941. The number of hydrogen-bond acceptors (Lipinski definition) is 3. The summed E-state index contributed by atoms with van der Waals surface area (Å²) in [5.41, 5.74) is -0.146. The van der Waals surface area contributed by atoms with Crippen LogP contribution in [0.15, 0.2) is 12.1 Å². The van der Waals surface area contributed by atoms with E-state index in [9.17, 15) is 13.6 Å². The number of aromatic hydroxyl groups is 1. The Morgan fingerprint density at radius 2 is 2.07 bits per heavy atom. The summed E-state index contributed by atoms with van der Waals surface area (Å²) in [4.78, 5) is 10.8. The van der Waals surface area contributed by atoms with Crippen molar-refractivity contribution in [1.29, 1.82) is 0 Å². The first-order valence-corrected chi connectivity index (χ1v) is 3.78. The monoisotopic (exact) mass is 202 g/mol. The molecular formula is C9H8F2O3. The van der Waals surface area contributed by atoms with Crippen LogP contribution in [0.1, 0.15) is 5.56 Å². The van der Waals surface area contributed by atoms with E-state index in [1.54, 1.807) is 0 Å². The Balaban J connectivity index is 2.98. The molecule has 0 amide bonds. The predicted octanol–water partition coefficient (Wildman–Crippen LogP) is 1.39. The van der Waals surface area contributed by atoms with E-state index >= 15 is 0 Å². The molecule has 1 N–H and O–H groups in total. The van der Waals surface area contributed by atoms with Crippen molar-refractivity contribution in [1.82, 2.24) is 0 Å². The van der Waals surface area contributed by atoms with E-state index in [2.05, 4.69) is 4.74 Å². The smallest absolute Gasteiger partial charge is 0.310 e. The molecule has 0 aliphatic heterocycles. The summed E-state index contributed by atoms with van der Waals surface area (Å²) in [5.74, 6) is -3.26. The van der Waals surface area contributed by atoms with Crippen molar-refractivity contribution in [2.45, 2.75) is 6.42 Å². The zero-order valence-electron chi connectivity index (χ0n) is 7.38.